The highest BCUT2D eigenvalue weighted by Gasteiger charge is 2.19. The molecule has 0 radical (unpaired) electrons. The average Bonchev–Trinajstić information content (AvgIpc) is 2.01. The molecule has 3 nitrogen and oxygen atoms in total. The normalized spacial score (nSPS) is 11.4. The Morgan fingerprint density at radius 3 is 2.43 bits per heavy atom. The summed E-state index contributed by atoms with van der Waals surface area (Å²) in [6.45, 7) is 3.32. The molecule has 76 valence electrons. The van der Waals surface area contributed by atoms with Crippen molar-refractivity contribution >= 4 is 5.97 Å². The first-order valence-electron chi connectivity index (χ1n) is 4.14. The van der Waals surface area contributed by atoms with Crippen molar-refractivity contribution in [1.29, 1.82) is 0 Å². The van der Waals surface area contributed by atoms with E-state index in [0.29, 0.717) is 5.56 Å². The van der Waals surface area contributed by atoms with Crippen LogP contribution in [0.25, 0.3) is 0 Å². The average molecular weight is 197 g/mol. The van der Waals surface area contributed by atoms with Crippen molar-refractivity contribution in [3.8, 4) is 0 Å². The Kier molecular flexibility index (Phi) is 2.57. The predicted octanol–water partition coefficient (Wildman–Crippen LogP) is 1.72. The molecule has 4 heteroatoms. The van der Waals surface area contributed by atoms with Crippen molar-refractivity contribution in [2.24, 2.45) is 5.73 Å². The summed E-state index contributed by atoms with van der Waals surface area (Å²) >= 11 is 0. The van der Waals surface area contributed by atoms with Gasteiger partial charge in [-0.25, -0.2) is 9.18 Å². The van der Waals surface area contributed by atoms with E-state index in [2.05, 4.69) is 0 Å². The Balaban J connectivity index is 3.21. The number of halogens is 1. The van der Waals surface area contributed by atoms with Gasteiger partial charge in [0.05, 0.1) is 5.56 Å². The van der Waals surface area contributed by atoms with Gasteiger partial charge in [-0.2, -0.15) is 0 Å². The van der Waals surface area contributed by atoms with Crippen molar-refractivity contribution in [2.45, 2.75) is 19.4 Å². The zero-order chi connectivity index (χ0) is 10.9. The summed E-state index contributed by atoms with van der Waals surface area (Å²) in [5.41, 5.74) is 5.13. The van der Waals surface area contributed by atoms with Crippen LogP contribution in [0, 0.1) is 5.82 Å². The molecule has 1 rings (SSSR count). The van der Waals surface area contributed by atoms with E-state index in [-0.39, 0.29) is 5.56 Å². The van der Waals surface area contributed by atoms with Crippen molar-refractivity contribution in [3.63, 3.8) is 0 Å². The molecule has 0 spiro atoms. The lowest BCUT2D eigenvalue weighted by molar-refractivity contribution is 0.0696. The van der Waals surface area contributed by atoms with Crippen molar-refractivity contribution in [1.82, 2.24) is 0 Å². The lowest BCUT2D eigenvalue weighted by Crippen LogP contribution is -2.30. The molecule has 0 aliphatic heterocycles. The molecule has 0 amide bonds. The van der Waals surface area contributed by atoms with Crippen LogP contribution in [-0.2, 0) is 5.54 Å². The van der Waals surface area contributed by atoms with Gasteiger partial charge in [-0.05, 0) is 26.0 Å². The zero-order valence-corrected chi connectivity index (χ0v) is 8.04. The number of benzene rings is 1. The molecule has 3 N–H and O–H groups in total. The number of carbonyl (C=O) groups is 1. The van der Waals surface area contributed by atoms with E-state index in [1.165, 1.54) is 12.1 Å². The first-order valence-corrected chi connectivity index (χ1v) is 4.14. The first kappa shape index (κ1) is 10.7. The van der Waals surface area contributed by atoms with Gasteiger partial charge in [-0.15, -0.1) is 0 Å². The minimum atomic E-state index is -1.15. The summed E-state index contributed by atoms with van der Waals surface area (Å²) in [6.07, 6.45) is 0. The maximum absolute atomic E-state index is 13.4. The first-order chi connectivity index (χ1) is 6.32. The lowest BCUT2D eigenvalue weighted by atomic mass is 9.94. The molecule has 1 aromatic rings. The van der Waals surface area contributed by atoms with Gasteiger partial charge < -0.3 is 10.8 Å². The second kappa shape index (κ2) is 3.38. The van der Waals surface area contributed by atoms with E-state index in [0.717, 1.165) is 6.07 Å². The third-order valence-electron chi connectivity index (χ3n) is 1.91. The van der Waals surface area contributed by atoms with Gasteiger partial charge in [0.15, 0.2) is 0 Å². The quantitative estimate of drug-likeness (QED) is 0.758. The molecule has 1 aromatic carbocycles. The van der Waals surface area contributed by atoms with Crippen LogP contribution in [-0.4, -0.2) is 11.1 Å². The third kappa shape index (κ3) is 2.09. The van der Waals surface area contributed by atoms with E-state index in [1.807, 2.05) is 0 Å². The number of carboxylic acid groups (broad SMARTS) is 1. The van der Waals surface area contributed by atoms with Crippen LogP contribution >= 0.6 is 0 Å². The SMILES string of the molecule is CC(C)(N)c1ccc(C(=O)O)cc1F. The smallest absolute Gasteiger partial charge is 0.335 e. The minimum absolute atomic E-state index is 0.0736. The maximum atomic E-state index is 13.4. The highest BCUT2D eigenvalue weighted by atomic mass is 19.1. The Hall–Kier alpha value is -1.42. The number of rotatable bonds is 2. The molecular formula is C10H12FNO2. The minimum Gasteiger partial charge on any atom is -0.478 e. The largest absolute Gasteiger partial charge is 0.478 e. The van der Waals surface area contributed by atoms with Crippen LogP contribution in [0.5, 0.6) is 0 Å². The molecule has 0 aliphatic carbocycles. The van der Waals surface area contributed by atoms with E-state index in [9.17, 15) is 9.18 Å². The van der Waals surface area contributed by atoms with Crippen LogP contribution in [0.3, 0.4) is 0 Å². The van der Waals surface area contributed by atoms with E-state index in [4.69, 9.17) is 10.8 Å². The fourth-order valence-electron chi connectivity index (χ4n) is 1.17. The van der Waals surface area contributed by atoms with Gasteiger partial charge in [0, 0.05) is 11.1 Å². The summed E-state index contributed by atoms with van der Waals surface area (Å²) in [7, 11) is 0. The van der Waals surface area contributed by atoms with E-state index in [1.54, 1.807) is 13.8 Å². The molecule has 0 fully saturated rings. The molecule has 0 aromatic heterocycles. The van der Waals surface area contributed by atoms with E-state index >= 15 is 0 Å². The van der Waals surface area contributed by atoms with Crippen LogP contribution < -0.4 is 5.73 Å². The van der Waals surface area contributed by atoms with Crippen LogP contribution in [0.2, 0.25) is 0 Å². The Morgan fingerprint density at radius 1 is 1.50 bits per heavy atom. The summed E-state index contributed by atoms with van der Waals surface area (Å²) in [6, 6.07) is 3.72. The van der Waals surface area contributed by atoms with Gasteiger partial charge in [0.1, 0.15) is 5.82 Å². The molecule has 0 saturated carbocycles. The highest BCUT2D eigenvalue weighted by Crippen LogP contribution is 2.21. The molecule has 0 aliphatic rings. The summed E-state index contributed by atoms with van der Waals surface area (Å²) in [5, 5.41) is 8.61. The highest BCUT2D eigenvalue weighted by molar-refractivity contribution is 5.87. The van der Waals surface area contributed by atoms with Crippen LogP contribution in [0.1, 0.15) is 29.8 Å². The van der Waals surface area contributed by atoms with Gasteiger partial charge in [0.25, 0.3) is 0 Å². The number of hydrogen-bond donors (Lipinski definition) is 2. The molecule has 14 heavy (non-hydrogen) atoms. The number of aromatic carboxylic acids is 1. The fraction of sp³-hybridized carbons (Fsp3) is 0.300. The molecule has 0 heterocycles. The Bertz CT molecular complexity index is 369. The van der Waals surface area contributed by atoms with Crippen LogP contribution in [0.15, 0.2) is 18.2 Å². The molecule has 0 saturated heterocycles. The Labute approximate surface area is 81.4 Å². The number of carboxylic acids is 1. The lowest BCUT2D eigenvalue weighted by Gasteiger charge is -2.19. The van der Waals surface area contributed by atoms with Crippen molar-refractivity contribution in [2.75, 3.05) is 0 Å². The Morgan fingerprint density at radius 2 is 2.07 bits per heavy atom. The predicted molar refractivity (Wildman–Crippen MR) is 50.6 cm³/mol. The third-order valence-corrected chi connectivity index (χ3v) is 1.91. The number of nitrogens with two attached hydrogens (primary N) is 1. The second-order valence-corrected chi connectivity index (χ2v) is 3.72. The van der Waals surface area contributed by atoms with Gasteiger partial charge in [0.2, 0.25) is 0 Å². The van der Waals surface area contributed by atoms with Crippen LogP contribution in [0.4, 0.5) is 4.39 Å². The summed E-state index contributed by atoms with van der Waals surface area (Å²) < 4.78 is 13.4. The second-order valence-electron chi connectivity index (χ2n) is 3.72. The van der Waals surface area contributed by atoms with Crippen molar-refractivity contribution in [3.05, 3.63) is 35.1 Å². The molecule has 0 unspecified atom stereocenters. The summed E-state index contributed by atoms with van der Waals surface area (Å²) in [5.74, 6) is -1.73. The van der Waals surface area contributed by atoms with Crippen molar-refractivity contribution < 1.29 is 14.3 Å². The maximum Gasteiger partial charge on any atom is 0.335 e. The van der Waals surface area contributed by atoms with Gasteiger partial charge in [-0.3, -0.25) is 0 Å². The van der Waals surface area contributed by atoms with Gasteiger partial charge in [-0.1, -0.05) is 6.07 Å². The molecule has 0 atom stereocenters. The summed E-state index contributed by atoms with van der Waals surface area (Å²) in [4.78, 5) is 10.5. The monoisotopic (exact) mass is 197 g/mol. The zero-order valence-electron chi connectivity index (χ0n) is 8.04. The standard InChI is InChI=1S/C10H12FNO2/c1-10(2,12)7-4-3-6(9(13)14)5-8(7)11/h3-5H,12H2,1-2H3,(H,13,14). The molecular weight excluding hydrogens is 185 g/mol. The topological polar surface area (TPSA) is 63.3 Å². The number of hydrogen-bond acceptors (Lipinski definition) is 2. The molecule has 0 bridgehead atoms. The van der Waals surface area contributed by atoms with Gasteiger partial charge >= 0.3 is 5.97 Å². The fourth-order valence-corrected chi connectivity index (χ4v) is 1.17. The van der Waals surface area contributed by atoms with E-state index < -0.39 is 17.3 Å².